The molecule has 1 aromatic carbocycles. The molecule has 0 atom stereocenters. The Morgan fingerprint density at radius 1 is 1.11 bits per heavy atom. The second-order valence-electron chi connectivity index (χ2n) is 6.22. The predicted octanol–water partition coefficient (Wildman–Crippen LogP) is 4.92. The Balaban J connectivity index is 1.69. The van der Waals surface area contributed by atoms with Crippen molar-refractivity contribution in [2.24, 2.45) is 4.99 Å². The highest BCUT2D eigenvalue weighted by molar-refractivity contribution is 6.15. The minimum absolute atomic E-state index is 0.0290. The molecule has 3 aromatic rings. The van der Waals surface area contributed by atoms with Crippen LogP contribution in [0, 0.1) is 10.1 Å². The number of nitro groups is 1. The molecule has 134 valence electrons. The molecule has 0 saturated carbocycles. The zero-order chi connectivity index (χ0) is 18.6. The summed E-state index contributed by atoms with van der Waals surface area (Å²) in [5.41, 5.74) is 3.49. The van der Waals surface area contributed by atoms with Crippen LogP contribution in [0.25, 0.3) is 17.4 Å². The molecule has 0 bridgehead atoms. The molecule has 0 radical (unpaired) electrons. The molecule has 0 fully saturated rings. The molecule has 6 heteroatoms. The fourth-order valence-corrected chi connectivity index (χ4v) is 3.19. The van der Waals surface area contributed by atoms with E-state index in [0.717, 1.165) is 36.2 Å². The fourth-order valence-electron chi connectivity index (χ4n) is 3.19. The van der Waals surface area contributed by atoms with Crippen molar-refractivity contribution in [2.75, 3.05) is 6.54 Å². The van der Waals surface area contributed by atoms with Crippen LogP contribution in [0.1, 0.15) is 24.2 Å². The number of nitro benzene ring substituents is 1. The molecule has 0 aliphatic carbocycles. The smallest absolute Gasteiger partial charge is 0.280 e. The van der Waals surface area contributed by atoms with Crippen LogP contribution in [-0.4, -0.2) is 22.2 Å². The molecule has 0 spiro atoms. The standard InChI is InChI=1S/C21H17N3O3/c25-24(26)19-8-2-1-7-18(19)20-10-9-17(27-20)13-15-5-4-12-23-21(15)16-6-3-11-22-14-16/h1-3,6-11,13-14H,4-5,12H2/b15-13+. The van der Waals surface area contributed by atoms with Crippen LogP contribution >= 0.6 is 0 Å². The Labute approximate surface area is 156 Å². The second-order valence-corrected chi connectivity index (χ2v) is 6.22. The van der Waals surface area contributed by atoms with Gasteiger partial charge in [0.25, 0.3) is 5.69 Å². The van der Waals surface area contributed by atoms with Gasteiger partial charge in [-0.2, -0.15) is 0 Å². The molecule has 0 N–H and O–H groups in total. The molecule has 1 aliphatic heterocycles. The van der Waals surface area contributed by atoms with Gasteiger partial charge in [0.15, 0.2) is 0 Å². The molecule has 3 heterocycles. The molecule has 6 nitrogen and oxygen atoms in total. The zero-order valence-corrected chi connectivity index (χ0v) is 14.5. The van der Waals surface area contributed by atoms with Gasteiger partial charge in [0.2, 0.25) is 0 Å². The molecule has 0 unspecified atom stereocenters. The Morgan fingerprint density at radius 3 is 2.81 bits per heavy atom. The third kappa shape index (κ3) is 3.55. The number of para-hydroxylation sites is 1. The van der Waals surface area contributed by atoms with Crippen molar-refractivity contribution in [1.29, 1.82) is 0 Å². The van der Waals surface area contributed by atoms with Crippen molar-refractivity contribution in [2.45, 2.75) is 12.8 Å². The maximum absolute atomic E-state index is 11.2. The molecular weight excluding hydrogens is 342 g/mol. The van der Waals surface area contributed by atoms with Gasteiger partial charge < -0.3 is 4.42 Å². The molecular formula is C21H17N3O3. The molecule has 27 heavy (non-hydrogen) atoms. The Bertz CT molecular complexity index is 1040. The van der Waals surface area contributed by atoms with Crippen molar-refractivity contribution in [1.82, 2.24) is 4.98 Å². The summed E-state index contributed by atoms with van der Waals surface area (Å²) in [6, 6.07) is 14.0. The molecule has 0 saturated heterocycles. The van der Waals surface area contributed by atoms with E-state index in [1.165, 1.54) is 6.07 Å². The summed E-state index contributed by atoms with van der Waals surface area (Å²) in [5, 5.41) is 11.2. The number of hydrogen-bond donors (Lipinski definition) is 0. The number of furan rings is 1. The average Bonchev–Trinajstić information content (AvgIpc) is 3.17. The predicted molar refractivity (Wildman–Crippen MR) is 104 cm³/mol. The van der Waals surface area contributed by atoms with Crippen LogP contribution in [0.3, 0.4) is 0 Å². The van der Waals surface area contributed by atoms with Crippen molar-refractivity contribution < 1.29 is 9.34 Å². The Morgan fingerprint density at radius 2 is 2.00 bits per heavy atom. The highest BCUT2D eigenvalue weighted by Crippen LogP contribution is 2.32. The third-order valence-corrected chi connectivity index (χ3v) is 4.42. The van der Waals surface area contributed by atoms with Crippen molar-refractivity contribution in [3.63, 3.8) is 0 Å². The van der Waals surface area contributed by atoms with Gasteiger partial charge in [-0.25, -0.2) is 0 Å². The lowest BCUT2D eigenvalue weighted by Gasteiger charge is -2.15. The second kappa shape index (κ2) is 7.37. The van der Waals surface area contributed by atoms with Crippen LogP contribution in [0.2, 0.25) is 0 Å². The Hall–Kier alpha value is -3.54. The van der Waals surface area contributed by atoms with E-state index in [0.29, 0.717) is 17.1 Å². The van der Waals surface area contributed by atoms with E-state index in [2.05, 4.69) is 9.98 Å². The van der Waals surface area contributed by atoms with Crippen LogP contribution in [0.15, 0.2) is 75.9 Å². The Kier molecular flexibility index (Phi) is 4.61. The lowest BCUT2D eigenvalue weighted by atomic mass is 9.96. The van der Waals surface area contributed by atoms with E-state index >= 15 is 0 Å². The number of nitrogens with zero attached hydrogens (tertiary/aromatic N) is 3. The summed E-state index contributed by atoms with van der Waals surface area (Å²) in [6.07, 6.45) is 7.38. The quantitative estimate of drug-likeness (QED) is 0.489. The van der Waals surface area contributed by atoms with Gasteiger partial charge in [0, 0.05) is 30.6 Å². The summed E-state index contributed by atoms with van der Waals surface area (Å²) < 4.78 is 5.90. The van der Waals surface area contributed by atoms with Crippen molar-refractivity contribution in [3.8, 4) is 11.3 Å². The first-order valence-corrected chi connectivity index (χ1v) is 8.72. The third-order valence-electron chi connectivity index (χ3n) is 4.42. The topological polar surface area (TPSA) is 81.5 Å². The number of hydrogen-bond acceptors (Lipinski definition) is 5. The van der Waals surface area contributed by atoms with Gasteiger partial charge in [0.05, 0.1) is 16.2 Å². The lowest BCUT2D eigenvalue weighted by molar-refractivity contribution is -0.384. The van der Waals surface area contributed by atoms with Gasteiger partial charge in [-0.05, 0) is 54.8 Å². The first kappa shape index (κ1) is 16.9. The van der Waals surface area contributed by atoms with Gasteiger partial charge in [-0.3, -0.25) is 20.1 Å². The number of benzene rings is 1. The van der Waals surface area contributed by atoms with Gasteiger partial charge in [-0.15, -0.1) is 0 Å². The summed E-state index contributed by atoms with van der Waals surface area (Å²) in [5.74, 6) is 1.13. The summed E-state index contributed by atoms with van der Waals surface area (Å²) in [6.45, 7) is 0.793. The van der Waals surface area contributed by atoms with Gasteiger partial charge >= 0.3 is 0 Å². The van der Waals surface area contributed by atoms with Crippen LogP contribution in [-0.2, 0) is 0 Å². The summed E-state index contributed by atoms with van der Waals surface area (Å²) in [7, 11) is 0. The van der Waals surface area contributed by atoms with E-state index in [-0.39, 0.29) is 5.69 Å². The first-order chi connectivity index (χ1) is 13.2. The zero-order valence-electron chi connectivity index (χ0n) is 14.5. The fraction of sp³-hybridized carbons (Fsp3) is 0.143. The minimum Gasteiger partial charge on any atom is -0.456 e. The number of aliphatic imine (C=N–C) groups is 1. The number of pyridine rings is 1. The van der Waals surface area contributed by atoms with E-state index in [1.807, 2.05) is 24.3 Å². The lowest BCUT2D eigenvalue weighted by Crippen LogP contribution is -2.11. The SMILES string of the molecule is O=[N+]([O-])c1ccccc1-c1ccc(/C=C2\CCCN=C2c2cccnc2)o1. The van der Waals surface area contributed by atoms with Gasteiger partial charge in [-0.1, -0.05) is 12.1 Å². The summed E-state index contributed by atoms with van der Waals surface area (Å²) >= 11 is 0. The summed E-state index contributed by atoms with van der Waals surface area (Å²) in [4.78, 5) is 19.7. The highest BCUT2D eigenvalue weighted by atomic mass is 16.6. The maximum Gasteiger partial charge on any atom is 0.280 e. The molecule has 2 aromatic heterocycles. The first-order valence-electron chi connectivity index (χ1n) is 8.72. The maximum atomic E-state index is 11.2. The molecule has 1 aliphatic rings. The number of rotatable bonds is 4. The van der Waals surface area contributed by atoms with Gasteiger partial charge in [0.1, 0.15) is 11.5 Å². The molecule has 0 amide bonds. The molecule has 4 rings (SSSR count). The van der Waals surface area contributed by atoms with Crippen LogP contribution in [0.4, 0.5) is 5.69 Å². The van der Waals surface area contributed by atoms with Crippen LogP contribution in [0.5, 0.6) is 0 Å². The van der Waals surface area contributed by atoms with Crippen molar-refractivity contribution >= 4 is 17.5 Å². The average molecular weight is 359 g/mol. The highest BCUT2D eigenvalue weighted by Gasteiger charge is 2.18. The minimum atomic E-state index is -0.399. The largest absolute Gasteiger partial charge is 0.456 e. The van der Waals surface area contributed by atoms with E-state index in [9.17, 15) is 10.1 Å². The van der Waals surface area contributed by atoms with E-state index in [1.54, 1.807) is 36.7 Å². The van der Waals surface area contributed by atoms with Crippen LogP contribution < -0.4 is 0 Å². The monoisotopic (exact) mass is 359 g/mol. The number of allylic oxidation sites excluding steroid dienone is 1. The van der Waals surface area contributed by atoms with E-state index < -0.39 is 4.92 Å². The van der Waals surface area contributed by atoms with Crippen molar-refractivity contribution in [3.05, 3.63) is 87.9 Å². The normalized spacial score (nSPS) is 15.6. The van der Waals surface area contributed by atoms with E-state index in [4.69, 9.17) is 4.42 Å². The number of aromatic nitrogens is 1.